The van der Waals surface area contributed by atoms with Crippen molar-refractivity contribution in [3.63, 3.8) is 0 Å². The maximum atomic E-state index is 12.4. The second-order valence-corrected chi connectivity index (χ2v) is 8.42. The molecular weight excluding hydrogens is 324 g/mol. The summed E-state index contributed by atoms with van der Waals surface area (Å²) in [6, 6.07) is 5.96. The van der Waals surface area contributed by atoms with Crippen LogP contribution in [0.15, 0.2) is 29.2 Å². The molecule has 1 fully saturated rings. The van der Waals surface area contributed by atoms with Gasteiger partial charge >= 0.3 is 0 Å². The lowest BCUT2D eigenvalue weighted by Crippen LogP contribution is -2.48. The van der Waals surface area contributed by atoms with E-state index >= 15 is 0 Å². The highest BCUT2D eigenvalue weighted by atomic mass is 32.2. The van der Waals surface area contributed by atoms with Crippen molar-refractivity contribution in [2.75, 3.05) is 0 Å². The van der Waals surface area contributed by atoms with Crippen LogP contribution in [-0.4, -0.2) is 26.4 Å². The predicted molar refractivity (Wildman–Crippen MR) is 95.2 cm³/mol. The van der Waals surface area contributed by atoms with E-state index in [-0.39, 0.29) is 16.8 Å². The van der Waals surface area contributed by atoms with Crippen LogP contribution in [0, 0.1) is 6.92 Å². The van der Waals surface area contributed by atoms with Gasteiger partial charge in [0.25, 0.3) is 0 Å². The molecule has 0 aliphatic heterocycles. The number of carbonyl (C=O) groups is 1. The van der Waals surface area contributed by atoms with E-state index in [1.54, 1.807) is 31.2 Å². The molecule has 1 aliphatic carbocycles. The molecule has 0 aromatic heterocycles. The highest BCUT2D eigenvalue weighted by Gasteiger charge is 2.23. The fourth-order valence-electron chi connectivity index (χ4n) is 3.00. The van der Waals surface area contributed by atoms with E-state index in [2.05, 4.69) is 10.0 Å². The van der Waals surface area contributed by atoms with Gasteiger partial charge in [0, 0.05) is 6.04 Å². The Morgan fingerprint density at radius 2 is 1.58 bits per heavy atom. The molecule has 1 aromatic rings. The first-order valence-electron chi connectivity index (χ1n) is 8.78. The van der Waals surface area contributed by atoms with Crippen LogP contribution in [0.25, 0.3) is 0 Å². The topological polar surface area (TPSA) is 75.3 Å². The second-order valence-electron chi connectivity index (χ2n) is 6.71. The van der Waals surface area contributed by atoms with Crippen molar-refractivity contribution in [3.8, 4) is 0 Å². The van der Waals surface area contributed by atoms with Crippen LogP contribution in [0.4, 0.5) is 0 Å². The molecule has 0 unspecified atom stereocenters. The SMILES string of the molecule is Cc1ccc(S(=O)(=O)N[C@@H](C)C(=O)NC2CCCCCCC2)cc1. The van der Waals surface area contributed by atoms with Crippen LogP contribution >= 0.6 is 0 Å². The highest BCUT2D eigenvalue weighted by molar-refractivity contribution is 7.89. The van der Waals surface area contributed by atoms with Gasteiger partial charge in [-0.15, -0.1) is 0 Å². The van der Waals surface area contributed by atoms with Crippen LogP contribution in [0.1, 0.15) is 57.4 Å². The minimum Gasteiger partial charge on any atom is -0.352 e. The summed E-state index contributed by atoms with van der Waals surface area (Å²) < 4.78 is 27.2. The fraction of sp³-hybridized carbons (Fsp3) is 0.611. The lowest BCUT2D eigenvalue weighted by Gasteiger charge is -2.23. The van der Waals surface area contributed by atoms with Gasteiger partial charge in [-0.1, -0.05) is 49.8 Å². The first kappa shape index (κ1) is 18.9. The maximum Gasteiger partial charge on any atom is 0.241 e. The summed E-state index contributed by atoms with van der Waals surface area (Å²) in [5.41, 5.74) is 0.990. The maximum absolute atomic E-state index is 12.4. The van der Waals surface area contributed by atoms with Gasteiger partial charge in [-0.3, -0.25) is 4.79 Å². The quantitative estimate of drug-likeness (QED) is 0.855. The molecule has 0 heterocycles. The lowest BCUT2D eigenvalue weighted by atomic mass is 9.96. The third kappa shape index (κ3) is 5.60. The number of rotatable bonds is 5. The third-order valence-corrected chi connectivity index (χ3v) is 6.06. The molecule has 0 radical (unpaired) electrons. The Kier molecular flexibility index (Phi) is 6.80. The summed E-state index contributed by atoms with van der Waals surface area (Å²) in [5.74, 6) is -0.253. The number of hydrogen-bond donors (Lipinski definition) is 2. The minimum atomic E-state index is -3.69. The summed E-state index contributed by atoms with van der Waals surface area (Å²) in [4.78, 5) is 12.5. The monoisotopic (exact) mass is 352 g/mol. The van der Waals surface area contributed by atoms with Crippen molar-refractivity contribution in [3.05, 3.63) is 29.8 Å². The van der Waals surface area contributed by atoms with Gasteiger partial charge in [0.2, 0.25) is 15.9 Å². The van der Waals surface area contributed by atoms with Crippen molar-refractivity contribution in [2.24, 2.45) is 0 Å². The molecule has 1 saturated carbocycles. The summed E-state index contributed by atoms with van der Waals surface area (Å²) in [6.45, 7) is 3.48. The molecule has 0 saturated heterocycles. The largest absolute Gasteiger partial charge is 0.352 e. The number of nitrogens with one attached hydrogen (secondary N) is 2. The number of hydrogen-bond acceptors (Lipinski definition) is 3. The number of amides is 1. The van der Waals surface area contributed by atoms with Crippen molar-refractivity contribution >= 4 is 15.9 Å². The second kappa shape index (κ2) is 8.62. The van der Waals surface area contributed by atoms with E-state index in [0.717, 1.165) is 31.2 Å². The van der Waals surface area contributed by atoms with E-state index in [1.807, 2.05) is 6.92 Å². The molecule has 1 aliphatic rings. The summed E-state index contributed by atoms with van der Waals surface area (Å²) in [7, 11) is -3.69. The molecule has 5 nitrogen and oxygen atoms in total. The molecule has 0 bridgehead atoms. The molecular formula is C18H28N2O3S. The van der Waals surface area contributed by atoms with E-state index in [1.165, 1.54) is 19.3 Å². The first-order valence-corrected chi connectivity index (χ1v) is 10.3. The van der Waals surface area contributed by atoms with Gasteiger partial charge in [-0.25, -0.2) is 8.42 Å². The lowest BCUT2D eigenvalue weighted by molar-refractivity contribution is -0.123. The summed E-state index contributed by atoms with van der Waals surface area (Å²) >= 11 is 0. The zero-order valence-corrected chi connectivity index (χ0v) is 15.4. The smallest absolute Gasteiger partial charge is 0.241 e. The standard InChI is InChI=1S/C18H28N2O3S/c1-14-10-12-17(13-11-14)24(22,23)20-15(2)18(21)19-16-8-6-4-3-5-7-9-16/h10-13,15-16,20H,3-9H2,1-2H3,(H,19,21)/t15-/m0/s1. The van der Waals surface area contributed by atoms with Crippen LogP contribution in [-0.2, 0) is 14.8 Å². The Labute approximate surface area is 145 Å². The Morgan fingerprint density at radius 1 is 1.04 bits per heavy atom. The number of sulfonamides is 1. The van der Waals surface area contributed by atoms with E-state index in [9.17, 15) is 13.2 Å². The first-order chi connectivity index (χ1) is 11.4. The molecule has 1 aromatic carbocycles. The highest BCUT2D eigenvalue weighted by Crippen LogP contribution is 2.17. The van der Waals surface area contributed by atoms with E-state index < -0.39 is 16.1 Å². The van der Waals surface area contributed by atoms with Gasteiger partial charge in [-0.2, -0.15) is 4.72 Å². The average molecular weight is 353 g/mol. The van der Waals surface area contributed by atoms with Gasteiger partial charge in [-0.05, 0) is 38.8 Å². The van der Waals surface area contributed by atoms with Gasteiger partial charge in [0.05, 0.1) is 10.9 Å². The van der Waals surface area contributed by atoms with Crippen LogP contribution in [0.2, 0.25) is 0 Å². The Morgan fingerprint density at radius 3 is 2.17 bits per heavy atom. The van der Waals surface area contributed by atoms with Crippen LogP contribution in [0.3, 0.4) is 0 Å². The molecule has 1 amide bonds. The van der Waals surface area contributed by atoms with Crippen molar-refractivity contribution in [1.82, 2.24) is 10.0 Å². The molecule has 2 rings (SSSR count). The molecule has 134 valence electrons. The van der Waals surface area contributed by atoms with Crippen molar-refractivity contribution in [2.45, 2.75) is 75.8 Å². The Balaban J connectivity index is 1.93. The fourth-order valence-corrected chi connectivity index (χ4v) is 4.20. The molecule has 24 heavy (non-hydrogen) atoms. The Hall–Kier alpha value is -1.40. The minimum absolute atomic E-state index is 0.157. The molecule has 0 spiro atoms. The van der Waals surface area contributed by atoms with E-state index in [4.69, 9.17) is 0 Å². The van der Waals surface area contributed by atoms with Crippen molar-refractivity contribution < 1.29 is 13.2 Å². The molecule has 6 heteroatoms. The zero-order valence-electron chi connectivity index (χ0n) is 14.5. The normalized spacial score (nSPS) is 18.4. The van der Waals surface area contributed by atoms with Crippen molar-refractivity contribution in [1.29, 1.82) is 0 Å². The number of carbonyl (C=O) groups excluding carboxylic acids is 1. The number of benzene rings is 1. The Bertz CT molecular complexity index is 633. The van der Waals surface area contributed by atoms with Gasteiger partial charge < -0.3 is 5.32 Å². The van der Waals surface area contributed by atoms with Gasteiger partial charge in [0.1, 0.15) is 0 Å². The average Bonchev–Trinajstić information content (AvgIpc) is 2.49. The van der Waals surface area contributed by atoms with Crippen LogP contribution in [0.5, 0.6) is 0 Å². The summed E-state index contributed by atoms with van der Waals surface area (Å²) in [5, 5.41) is 3.00. The number of aryl methyl sites for hydroxylation is 1. The molecule has 2 N–H and O–H groups in total. The molecule has 1 atom stereocenters. The van der Waals surface area contributed by atoms with E-state index in [0.29, 0.717) is 0 Å². The third-order valence-electron chi connectivity index (χ3n) is 4.51. The predicted octanol–water partition coefficient (Wildman–Crippen LogP) is 2.89. The zero-order chi connectivity index (χ0) is 17.6. The summed E-state index contributed by atoms with van der Waals surface area (Å²) in [6.07, 6.45) is 7.88. The van der Waals surface area contributed by atoms with Gasteiger partial charge in [0.15, 0.2) is 0 Å². The van der Waals surface area contributed by atoms with Crippen LogP contribution < -0.4 is 10.0 Å².